The number of anilines is 1. The predicted molar refractivity (Wildman–Crippen MR) is 62.8 cm³/mol. The highest BCUT2D eigenvalue weighted by Crippen LogP contribution is 2.15. The fourth-order valence-corrected chi connectivity index (χ4v) is 1.91. The van der Waals surface area contributed by atoms with Gasteiger partial charge in [0.2, 0.25) is 0 Å². The Hall–Kier alpha value is -2.25. The smallest absolute Gasteiger partial charge is 0.407 e. The quantitative estimate of drug-likeness (QED) is 0.661. The number of hydrogen-bond acceptors (Lipinski definition) is 5. The van der Waals surface area contributed by atoms with Gasteiger partial charge in [-0.25, -0.2) is 4.79 Å². The van der Waals surface area contributed by atoms with Gasteiger partial charge in [0.25, 0.3) is 5.91 Å². The minimum absolute atomic E-state index is 0.0921. The van der Waals surface area contributed by atoms with E-state index < -0.39 is 6.09 Å². The van der Waals surface area contributed by atoms with Gasteiger partial charge in [-0.2, -0.15) is 5.10 Å². The molecule has 8 nitrogen and oxygen atoms in total. The molecule has 1 unspecified atom stereocenters. The van der Waals surface area contributed by atoms with Crippen LogP contribution in [0.3, 0.4) is 0 Å². The number of rotatable bonds is 2. The van der Waals surface area contributed by atoms with E-state index in [1.165, 1.54) is 13.3 Å². The van der Waals surface area contributed by atoms with Crippen molar-refractivity contribution in [2.45, 2.75) is 12.5 Å². The number of H-pyrrole nitrogens is 1. The molecule has 2 amide bonds. The number of nitrogens with two attached hydrogens (primary N) is 1. The first kappa shape index (κ1) is 12.2. The Balaban J connectivity index is 1.95. The third-order valence-electron chi connectivity index (χ3n) is 2.87. The van der Waals surface area contributed by atoms with Crippen molar-refractivity contribution in [1.82, 2.24) is 20.4 Å². The van der Waals surface area contributed by atoms with Gasteiger partial charge in [-0.05, 0) is 6.42 Å². The zero-order chi connectivity index (χ0) is 13.1. The van der Waals surface area contributed by atoms with Gasteiger partial charge in [0.1, 0.15) is 5.69 Å². The maximum absolute atomic E-state index is 12.1. The molecule has 98 valence electrons. The van der Waals surface area contributed by atoms with Crippen LogP contribution < -0.4 is 11.1 Å². The van der Waals surface area contributed by atoms with Gasteiger partial charge < -0.3 is 20.7 Å². The molecule has 18 heavy (non-hydrogen) atoms. The average molecular weight is 253 g/mol. The number of methoxy groups -OCH3 is 1. The second kappa shape index (κ2) is 4.94. The molecule has 0 aliphatic carbocycles. The summed E-state index contributed by atoms with van der Waals surface area (Å²) in [6.45, 7) is 0.998. The van der Waals surface area contributed by atoms with E-state index in [1.54, 1.807) is 4.90 Å². The number of nitrogens with one attached hydrogen (secondary N) is 2. The maximum Gasteiger partial charge on any atom is 0.407 e. The normalized spacial score (nSPS) is 18.7. The molecule has 4 N–H and O–H groups in total. The van der Waals surface area contributed by atoms with Gasteiger partial charge >= 0.3 is 6.09 Å². The summed E-state index contributed by atoms with van der Waals surface area (Å²) in [7, 11) is 1.30. The average Bonchev–Trinajstić information content (AvgIpc) is 2.97. The third kappa shape index (κ3) is 2.36. The number of aromatic amines is 1. The first-order valence-electron chi connectivity index (χ1n) is 5.54. The number of nitrogen functional groups attached to an aromatic ring is 1. The summed E-state index contributed by atoms with van der Waals surface area (Å²) in [5.41, 5.74) is 6.22. The van der Waals surface area contributed by atoms with Crippen LogP contribution in [0.15, 0.2) is 6.20 Å². The van der Waals surface area contributed by atoms with E-state index in [0.29, 0.717) is 25.2 Å². The number of hydrogen-bond donors (Lipinski definition) is 3. The Morgan fingerprint density at radius 2 is 2.44 bits per heavy atom. The lowest BCUT2D eigenvalue weighted by Gasteiger charge is -2.16. The van der Waals surface area contributed by atoms with Crippen molar-refractivity contribution in [3.8, 4) is 0 Å². The highest BCUT2D eigenvalue weighted by atomic mass is 16.5. The largest absolute Gasteiger partial charge is 0.453 e. The number of nitrogens with zero attached hydrogens (tertiary/aromatic N) is 2. The van der Waals surface area contributed by atoms with Crippen LogP contribution in [0.5, 0.6) is 0 Å². The molecule has 1 aromatic rings. The molecule has 0 aromatic carbocycles. The molecule has 0 spiro atoms. The topological polar surface area (TPSA) is 113 Å². The van der Waals surface area contributed by atoms with Crippen LogP contribution in [-0.4, -0.2) is 53.3 Å². The standard InChI is InChI=1S/C10H15N5O3/c1-18-10(17)13-6-2-3-15(5-6)9(16)8-7(11)4-12-14-8/h4,6H,2-3,5,11H2,1H3,(H,12,14)(H,13,17). The lowest BCUT2D eigenvalue weighted by Crippen LogP contribution is -2.38. The van der Waals surface area contributed by atoms with Gasteiger partial charge in [0, 0.05) is 13.1 Å². The SMILES string of the molecule is COC(=O)NC1CCN(C(=O)c2[nH]ncc2N)C1. The minimum Gasteiger partial charge on any atom is -0.453 e. The third-order valence-corrected chi connectivity index (χ3v) is 2.87. The summed E-state index contributed by atoms with van der Waals surface area (Å²) in [4.78, 5) is 24.7. The number of amides is 2. The molecule has 1 aliphatic rings. The summed E-state index contributed by atoms with van der Waals surface area (Å²) in [5, 5.41) is 8.94. The Kier molecular flexibility index (Phi) is 3.35. The maximum atomic E-state index is 12.1. The minimum atomic E-state index is -0.490. The second-order valence-electron chi connectivity index (χ2n) is 4.07. The second-order valence-corrected chi connectivity index (χ2v) is 4.07. The Bertz CT molecular complexity index is 458. The summed E-state index contributed by atoms with van der Waals surface area (Å²) < 4.78 is 4.51. The lowest BCUT2D eigenvalue weighted by atomic mass is 10.3. The van der Waals surface area contributed by atoms with Crippen LogP contribution >= 0.6 is 0 Å². The van der Waals surface area contributed by atoms with E-state index in [4.69, 9.17) is 5.73 Å². The molecule has 0 saturated carbocycles. The number of aromatic nitrogens is 2. The van der Waals surface area contributed by atoms with Crippen LogP contribution in [0.4, 0.5) is 10.5 Å². The van der Waals surface area contributed by atoms with Crippen LogP contribution in [-0.2, 0) is 4.74 Å². The van der Waals surface area contributed by atoms with E-state index in [1.807, 2.05) is 0 Å². The fourth-order valence-electron chi connectivity index (χ4n) is 1.91. The summed E-state index contributed by atoms with van der Waals surface area (Å²) in [5.74, 6) is -0.209. The van der Waals surface area contributed by atoms with Crippen molar-refractivity contribution < 1.29 is 14.3 Å². The highest BCUT2D eigenvalue weighted by Gasteiger charge is 2.29. The van der Waals surface area contributed by atoms with Crippen LogP contribution in [0, 0.1) is 0 Å². The summed E-state index contributed by atoms with van der Waals surface area (Å²) >= 11 is 0. The van der Waals surface area contributed by atoms with Crippen LogP contribution in [0.25, 0.3) is 0 Å². The monoisotopic (exact) mass is 253 g/mol. The van der Waals surface area contributed by atoms with Crippen molar-refractivity contribution in [3.05, 3.63) is 11.9 Å². The van der Waals surface area contributed by atoms with Crippen LogP contribution in [0.2, 0.25) is 0 Å². The number of alkyl carbamates (subject to hydrolysis) is 1. The van der Waals surface area contributed by atoms with Crippen molar-refractivity contribution in [2.24, 2.45) is 0 Å². The number of carbonyl (C=O) groups is 2. The molecular formula is C10H15N5O3. The van der Waals surface area contributed by atoms with E-state index in [0.717, 1.165) is 0 Å². The van der Waals surface area contributed by atoms with Gasteiger partial charge in [0.15, 0.2) is 0 Å². The number of likely N-dealkylation sites (tertiary alicyclic amines) is 1. The molecule has 2 heterocycles. The number of ether oxygens (including phenoxy) is 1. The van der Waals surface area contributed by atoms with Crippen molar-refractivity contribution in [1.29, 1.82) is 0 Å². The zero-order valence-corrected chi connectivity index (χ0v) is 9.97. The highest BCUT2D eigenvalue weighted by molar-refractivity contribution is 5.97. The molecule has 1 aromatic heterocycles. The fraction of sp³-hybridized carbons (Fsp3) is 0.500. The first-order chi connectivity index (χ1) is 8.61. The predicted octanol–water partition coefficient (Wildman–Crippen LogP) is -0.438. The van der Waals surface area contributed by atoms with Crippen molar-refractivity contribution in [3.63, 3.8) is 0 Å². The summed E-state index contributed by atoms with van der Waals surface area (Å²) in [6, 6.07) is -0.0921. The molecule has 1 fully saturated rings. The molecule has 1 atom stereocenters. The van der Waals surface area contributed by atoms with E-state index in [2.05, 4.69) is 20.3 Å². The molecular weight excluding hydrogens is 238 g/mol. The van der Waals surface area contributed by atoms with E-state index >= 15 is 0 Å². The van der Waals surface area contributed by atoms with Gasteiger partial charge in [-0.1, -0.05) is 0 Å². The molecule has 1 aliphatic heterocycles. The van der Waals surface area contributed by atoms with Crippen molar-refractivity contribution >= 4 is 17.7 Å². The zero-order valence-electron chi connectivity index (χ0n) is 9.97. The van der Waals surface area contributed by atoms with Gasteiger partial charge in [-0.15, -0.1) is 0 Å². The molecule has 8 heteroatoms. The van der Waals surface area contributed by atoms with Crippen LogP contribution in [0.1, 0.15) is 16.9 Å². The van der Waals surface area contributed by atoms with E-state index in [9.17, 15) is 9.59 Å². The van der Waals surface area contributed by atoms with Gasteiger partial charge in [-0.3, -0.25) is 9.89 Å². The molecule has 1 saturated heterocycles. The summed E-state index contributed by atoms with van der Waals surface area (Å²) in [6.07, 6.45) is 1.60. The molecule has 0 radical (unpaired) electrons. The van der Waals surface area contributed by atoms with E-state index in [-0.39, 0.29) is 17.6 Å². The molecule has 2 rings (SSSR count). The Morgan fingerprint density at radius 3 is 3.06 bits per heavy atom. The lowest BCUT2D eigenvalue weighted by molar-refractivity contribution is 0.0783. The Labute approximate surface area is 103 Å². The van der Waals surface area contributed by atoms with Crippen molar-refractivity contribution in [2.75, 3.05) is 25.9 Å². The molecule has 0 bridgehead atoms. The first-order valence-corrected chi connectivity index (χ1v) is 5.54. The Morgan fingerprint density at radius 1 is 1.67 bits per heavy atom. The number of carbonyl (C=O) groups excluding carboxylic acids is 2. The van der Waals surface area contributed by atoms with Gasteiger partial charge in [0.05, 0.1) is 25.0 Å².